The average molecular weight is 319 g/mol. The van der Waals surface area contributed by atoms with E-state index in [-0.39, 0.29) is 23.7 Å². The zero-order valence-corrected chi connectivity index (χ0v) is 14.0. The molecular formula is C18H23ClN2O. The van der Waals surface area contributed by atoms with Gasteiger partial charge in [-0.05, 0) is 34.7 Å². The summed E-state index contributed by atoms with van der Waals surface area (Å²) in [7, 11) is 0. The Morgan fingerprint density at radius 2 is 1.77 bits per heavy atom. The number of nitrogen functional groups attached to an aromatic ring is 1. The number of para-hydroxylation sites is 1. The summed E-state index contributed by atoms with van der Waals surface area (Å²) in [6, 6.07) is 15.3. The zero-order chi connectivity index (χ0) is 15.5. The van der Waals surface area contributed by atoms with Crippen LogP contribution in [0.4, 0.5) is 11.4 Å². The molecule has 0 bridgehead atoms. The molecule has 0 atom stereocenters. The maximum atomic E-state index is 12.2. The number of rotatable bonds is 3. The molecule has 0 unspecified atom stereocenters. The molecule has 0 radical (unpaired) electrons. The molecule has 0 aliphatic carbocycles. The Balaban J connectivity index is 0.00000242. The fraction of sp³-hybridized carbons (Fsp3) is 0.278. The van der Waals surface area contributed by atoms with E-state index >= 15 is 0 Å². The second-order valence-electron chi connectivity index (χ2n) is 6.27. The highest BCUT2D eigenvalue weighted by atomic mass is 35.5. The summed E-state index contributed by atoms with van der Waals surface area (Å²) in [4.78, 5) is 12.2. The molecule has 2 rings (SSSR count). The molecule has 0 saturated heterocycles. The lowest BCUT2D eigenvalue weighted by Gasteiger charge is -2.23. The Morgan fingerprint density at radius 3 is 2.41 bits per heavy atom. The molecule has 0 aliphatic heterocycles. The Hall–Kier alpha value is -2.00. The number of hydrogen-bond acceptors (Lipinski definition) is 2. The summed E-state index contributed by atoms with van der Waals surface area (Å²) in [5, 5.41) is 3.01. The summed E-state index contributed by atoms with van der Waals surface area (Å²) in [5.74, 6) is -0.0303. The van der Waals surface area contributed by atoms with Gasteiger partial charge in [0, 0.05) is 11.4 Å². The second-order valence-corrected chi connectivity index (χ2v) is 6.27. The monoisotopic (exact) mass is 318 g/mol. The van der Waals surface area contributed by atoms with Crippen molar-refractivity contribution in [2.24, 2.45) is 0 Å². The third-order valence-electron chi connectivity index (χ3n) is 3.32. The van der Waals surface area contributed by atoms with Gasteiger partial charge in [0.2, 0.25) is 5.91 Å². The van der Waals surface area contributed by atoms with Crippen molar-refractivity contribution in [3.05, 3.63) is 59.7 Å². The van der Waals surface area contributed by atoms with Gasteiger partial charge in [-0.1, -0.05) is 51.1 Å². The Labute approximate surface area is 138 Å². The van der Waals surface area contributed by atoms with Crippen molar-refractivity contribution in [3.8, 4) is 0 Å². The van der Waals surface area contributed by atoms with E-state index in [0.717, 1.165) is 16.8 Å². The van der Waals surface area contributed by atoms with Gasteiger partial charge in [0.25, 0.3) is 0 Å². The van der Waals surface area contributed by atoms with Gasteiger partial charge in [-0.2, -0.15) is 0 Å². The van der Waals surface area contributed by atoms with Gasteiger partial charge in [0.15, 0.2) is 0 Å². The average Bonchev–Trinajstić information content (AvgIpc) is 2.37. The first kappa shape index (κ1) is 18.1. The minimum Gasteiger partial charge on any atom is -0.399 e. The largest absolute Gasteiger partial charge is 0.399 e. The standard InChI is InChI=1S/C18H22N2O.ClH/c1-18(2,3)15-9-4-5-10-16(15)20-17(21)12-13-7-6-8-14(19)11-13;/h4-11H,12,19H2,1-3H3,(H,20,21);1H. The van der Waals surface area contributed by atoms with Gasteiger partial charge < -0.3 is 11.1 Å². The zero-order valence-electron chi connectivity index (χ0n) is 13.2. The van der Waals surface area contributed by atoms with E-state index in [9.17, 15) is 4.79 Å². The molecular weight excluding hydrogens is 296 g/mol. The van der Waals surface area contributed by atoms with E-state index < -0.39 is 0 Å². The number of hydrogen-bond donors (Lipinski definition) is 2. The van der Waals surface area contributed by atoms with Crippen LogP contribution in [0, 0.1) is 0 Å². The van der Waals surface area contributed by atoms with Crippen LogP contribution in [0.3, 0.4) is 0 Å². The molecule has 2 aromatic rings. The highest BCUT2D eigenvalue weighted by molar-refractivity contribution is 5.93. The number of amides is 1. The van der Waals surface area contributed by atoms with Crippen molar-refractivity contribution in [3.63, 3.8) is 0 Å². The molecule has 0 saturated carbocycles. The molecule has 22 heavy (non-hydrogen) atoms. The van der Waals surface area contributed by atoms with Crippen LogP contribution in [0.1, 0.15) is 31.9 Å². The van der Waals surface area contributed by atoms with Crippen LogP contribution in [0.15, 0.2) is 48.5 Å². The van der Waals surface area contributed by atoms with Gasteiger partial charge in [-0.15, -0.1) is 12.4 Å². The first-order chi connectivity index (χ1) is 9.86. The number of nitrogens with one attached hydrogen (secondary N) is 1. The van der Waals surface area contributed by atoms with E-state index in [1.54, 1.807) is 0 Å². The van der Waals surface area contributed by atoms with Crippen molar-refractivity contribution >= 4 is 29.7 Å². The predicted molar refractivity (Wildman–Crippen MR) is 95.6 cm³/mol. The molecule has 1 amide bonds. The first-order valence-electron chi connectivity index (χ1n) is 7.10. The molecule has 3 N–H and O–H groups in total. The summed E-state index contributed by atoms with van der Waals surface area (Å²) in [6.45, 7) is 6.40. The number of halogens is 1. The molecule has 2 aromatic carbocycles. The fourth-order valence-corrected chi connectivity index (χ4v) is 2.33. The Bertz CT molecular complexity index is 648. The Kier molecular flexibility index (Phi) is 6.01. The lowest BCUT2D eigenvalue weighted by atomic mass is 9.86. The van der Waals surface area contributed by atoms with E-state index in [4.69, 9.17) is 5.73 Å². The van der Waals surface area contributed by atoms with E-state index in [1.807, 2.05) is 42.5 Å². The summed E-state index contributed by atoms with van der Waals surface area (Å²) < 4.78 is 0. The normalized spacial score (nSPS) is 10.7. The number of anilines is 2. The van der Waals surface area contributed by atoms with Crippen LogP contribution >= 0.6 is 12.4 Å². The number of benzene rings is 2. The maximum absolute atomic E-state index is 12.2. The van der Waals surface area contributed by atoms with Gasteiger partial charge >= 0.3 is 0 Å². The molecule has 0 spiro atoms. The topological polar surface area (TPSA) is 55.1 Å². The van der Waals surface area contributed by atoms with Crippen molar-refractivity contribution in [1.29, 1.82) is 0 Å². The van der Waals surface area contributed by atoms with Gasteiger partial charge in [0.1, 0.15) is 0 Å². The number of carbonyl (C=O) groups excluding carboxylic acids is 1. The summed E-state index contributed by atoms with van der Waals surface area (Å²) >= 11 is 0. The minimum atomic E-state index is -0.0303. The lowest BCUT2D eigenvalue weighted by molar-refractivity contribution is -0.115. The lowest BCUT2D eigenvalue weighted by Crippen LogP contribution is -2.19. The summed E-state index contributed by atoms with van der Waals surface area (Å²) in [5.41, 5.74) is 9.32. The molecule has 0 aromatic heterocycles. The Morgan fingerprint density at radius 1 is 1.09 bits per heavy atom. The molecule has 0 heterocycles. The van der Waals surface area contributed by atoms with Crippen molar-refractivity contribution in [1.82, 2.24) is 0 Å². The fourth-order valence-electron chi connectivity index (χ4n) is 2.33. The maximum Gasteiger partial charge on any atom is 0.228 e. The second kappa shape index (κ2) is 7.32. The van der Waals surface area contributed by atoms with Crippen LogP contribution in [-0.2, 0) is 16.6 Å². The smallest absolute Gasteiger partial charge is 0.228 e. The van der Waals surface area contributed by atoms with Gasteiger partial charge in [0.05, 0.1) is 6.42 Å². The molecule has 118 valence electrons. The van der Waals surface area contributed by atoms with Crippen LogP contribution < -0.4 is 11.1 Å². The number of nitrogens with two attached hydrogens (primary N) is 1. The van der Waals surface area contributed by atoms with Gasteiger partial charge in [-0.25, -0.2) is 0 Å². The predicted octanol–water partition coefficient (Wildman–Crippen LogP) is 4.17. The third kappa shape index (κ3) is 4.78. The van der Waals surface area contributed by atoms with Crippen LogP contribution in [0.5, 0.6) is 0 Å². The number of carbonyl (C=O) groups is 1. The van der Waals surface area contributed by atoms with E-state index in [0.29, 0.717) is 12.1 Å². The minimum absolute atomic E-state index is 0. The van der Waals surface area contributed by atoms with Crippen molar-refractivity contribution in [2.75, 3.05) is 11.1 Å². The SMILES string of the molecule is CC(C)(C)c1ccccc1NC(=O)Cc1cccc(N)c1.Cl. The van der Waals surface area contributed by atoms with Crippen LogP contribution in [0.2, 0.25) is 0 Å². The van der Waals surface area contributed by atoms with Crippen molar-refractivity contribution in [2.45, 2.75) is 32.6 Å². The molecule has 0 aliphatic rings. The molecule has 0 fully saturated rings. The van der Waals surface area contributed by atoms with Crippen LogP contribution in [0.25, 0.3) is 0 Å². The molecule has 3 nitrogen and oxygen atoms in total. The van der Waals surface area contributed by atoms with Crippen LogP contribution in [-0.4, -0.2) is 5.91 Å². The first-order valence-corrected chi connectivity index (χ1v) is 7.10. The molecule has 4 heteroatoms. The van der Waals surface area contributed by atoms with E-state index in [2.05, 4.69) is 32.2 Å². The van der Waals surface area contributed by atoms with Crippen molar-refractivity contribution < 1.29 is 4.79 Å². The van der Waals surface area contributed by atoms with Gasteiger partial charge in [-0.3, -0.25) is 4.79 Å². The van der Waals surface area contributed by atoms with E-state index in [1.165, 1.54) is 0 Å². The summed E-state index contributed by atoms with van der Waals surface area (Å²) in [6.07, 6.45) is 0.323. The highest BCUT2D eigenvalue weighted by Crippen LogP contribution is 2.29. The third-order valence-corrected chi connectivity index (χ3v) is 3.32. The highest BCUT2D eigenvalue weighted by Gasteiger charge is 2.18. The quantitative estimate of drug-likeness (QED) is 0.834.